The van der Waals surface area contributed by atoms with E-state index in [2.05, 4.69) is 20.3 Å². The minimum Gasteiger partial charge on any atom is -0.494 e. The third-order valence-corrected chi connectivity index (χ3v) is 2.34. The van der Waals surface area contributed by atoms with E-state index < -0.39 is 0 Å². The molecule has 16 heavy (non-hydrogen) atoms. The van der Waals surface area contributed by atoms with Crippen LogP contribution in [0.1, 0.15) is 0 Å². The van der Waals surface area contributed by atoms with Gasteiger partial charge in [0.05, 0.1) is 13.3 Å². The highest BCUT2D eigenvalue weighted by atomic mass is 16.5. The van der Waals surface area contributed by atoms with E-state index in [1.165, 1.54) is 0 Å². The predicted molar refractivity (Wildman–Crippen MR) is 57.1 cm³/mol. The van der Waals surface area contributed by atoms with Gasteiger partial charge in [0.1, 0.15) is 5.69 Å². The van der Waals surface area contributed by atoms with Crippen LogP contribution in [0.3, 0.4) is 0 Å². The molecule has 1 N–H and O–H groups in total. The molecule has 0 aliphatic heterocycles. The van der Waals surface area contributed by atoms with Gasteiger partial charge in [-0.2, -0.15) is 10.2 Å². The summed E-state index contributed by atoms with van der Waals surface area (Å²) in [5.74, 6) is 0.681. The second-order valence-electron chi connectivity index (χ2n) is 3.28. The standard InChI is InChI=1S/C10H9N5O/c1-16-8-4-9-11-2-3-15(9)14-10(8)7-5-12-13-6-7/h2-6H,1H3,(H,12,13). The van der Waals surface area contributed by atoms with Crippen LogP contribution in [-0.4, -0.2) is 31.9 Å². The van der Waals surface area contributed by atoms with Crippen molar-refractivity contribution < 1.29 is 4.74 Å². The number of aromatic amines is 1. The van der Waals surface area contributed by atoms with Gasteiger partial charge in [0.2, 0.25) is 0 Å². The molecule has 0 radical (unpaired) electrons. The number of hydrogen-bond acceptors (Lipinski definition) is 4. The number of ether oxygens (including phenoxy) is 1. The molecule has 3 heterocycles. The zero-order valence-electron chi connectivity index (χ0n) is 8.58. The van der Waals surface area contributed by atoms with Gasteiger partial charge < -0.3 is 4.74 Å². The first-order valence-corrected chi connectivity index (χ1v) is 4.76. The van der Waals surface area contributed by atoms with Crippen molar-refractivity contribution in [1.82, 2.24) is 24.8 Å². The number of H-pyrrole nitrogens is 1. The molecule has 0 saturated carbocycles. The molecule has 0 amide bonds. The smallest absolute Gasteiger partial charge is 0.157 e. The first-order valence-electron chi connectivity index (χ1n) is 4.76. The van der Waals surface area contributed by atoms with Crippen molar-refractivity contribution in [2.75, 3.05) is 7.11 Å². The number of hydrogen-bond donors (Lipinski definition) is 1. The number of aromatic nitrogens is 5. The maximum atomic E-state index is 5.29. The van der Waals surface area contributed by atoms with Crippen LogP contribution in [0.4, 0.5) is 0 Å². The fourth-order valence-corrected chi connectivity index (χ4v) is 1.57. The molecule has 0 fully saturated rings. The largest absolute Gasteiger partial charge is 0.494 e. The summed E-state index contributed by atoms with van der Waals surface area (Å²) in [6.45, 7) is 0. The predicted octanol–water partition coefficient (Wildman–Crippen LogP) is 1.13. The monoisotopic (exact) mass is 215 g/mol. The lowest BCUT2D eigenvalue weighted by molar-refractivity contribution is 0.414. The van der Waals surface area contributed by atoms with Gasteiger partial charge in [0.25, 0.3) is 0 Å². The summed E-state index contributed by atoms with van der Waals surface area (Å²) >= 11 is 0. The van der Waals surface area contributed by atoms with Crippen LogP contribution in [0.25, 0.3) is 16.9 Å². The Kier molecular flexibility index (Phi) is 1.86. The molecule has 3 aromatic heterocycles. The molecule has 0 atom stereocenters. The van der Waals surface area contributed by atoms with E-state index in [-0.39, 0.29) is 0 Å². The van der Waals surface area contributed by atoms with Gasteiger partial charge in [-0.15, -0.1) is 0 Å². The lowest BCUT2D eigenvalue weighted by Gasteiger charge is -2.05. The summed E-state index contributed by atoms with van der Waals surface area (Å²) in [5.41, 5.74) is 2.37. The highest BCUT2D eigenvalue weighted by Gasteiger charge is 2.11. The third kappa shape index (κ3) is 1.23. The van der Waals surface area contributed by atoms with Crippen LogP contribution >= 0.6 is 0 Å². The highest BCUT2D eigenvalue weighted by Crippen LogP contribution is 2.27. The van der Waals surface area contributed by atoms with E-state index in [4.69, 9.17) is 4.74 Å². The summed E-state index contributed by atoms with van der Waals surface area (Å²) < 4.78 is 6.99. The van der Waals surface area contributed by atoms with Crippen molar-refractivity contribution in [1.29, 1.82) is 0 Å². The minimum absolute atomic E-state index is 0.681. The molecule has 80 valence electrons. The van der Waals surface area contributed by atoms with Crippen molar-refractivity contribution >= 4 is 5.65 Å². The van der Waals surface area contributed by atoms with E-state index in [0.29, 0.717) is 5.75 Å². The van der Waals surface area contributed by atoms with Crippen LogP contribution in [0, 0.1) is 0 Å². The quantitative estimate of drug-likeness (QED) is 0.695. The lowest BCUT2D eigenvalue weighted by atomic mass is 10.2. The average molecular weight is 215 g/mol. The number of imidazole rings is 1. The summed E-state index contributed by atoms with van der Waals surface area (Å²) in [4.78, 5) is 4.15. The van der Waals surface area contributed by atoms with Crippen molar-refractivity contribution in [3.8, 4) is 17.0 Å². The average Bonchev–Trinajstić information content (AvgIpc) is 2.97. The van der Waals surface area contributed by atoms with Gasteiger partial charge >= 0.3 is 0 Å². The second kappa shape index (κ2) is 3.34. The molecule has 0 aliphatic rings. The van der Waals surface area contributed by atoms with E-state index in [0.717, 1.165) is 16.9 Å². The number of methoxy groups -OCH3 is 1. The van der Waals surface area contributed by atoms with Crippen molar-refractivity contribution in [2.24, 2.45) is 0 Å². The first kappa shape index (κ1) is 8.90. The zero-order chi connectivity index (χ0) is 11.0. The van der Waals surface area contributed by atoms with E-state index >= 15 is 0 Å². The third-order valence-electron chi connectivity index (χ3n) is 2.34. The molecule has 0 bridgehead atoms. The van der Waals surface area contributed by atoms with Crippen molar-refractivity contribution in [3.63, 3.8) is 0 Å². The number of nitrogens with one attached hydrogen (secondary N) is 1. The van der Waals surface area contributed by atoms with Gasteiger partial charge in [-0.05, 0) is 0 Å². The molecule has 0 saturated heterocycles. The van der Waals surface area contributed by atoms with Crippen LogP contribution in [0.15, 0.2) is 30.9 Å². The van der Waals surface area contributed by atoms with E-state index in [9.17, 15) is 0 Å². The Bertz CT molecular complexity index is 613. The second-order valence-corrected chi connectivity index (χ2v) is 3.28. The van der Waals surface area contributed by atoms with Gasteiger partial charge in [-0.1, -0.05) is 0 Å². The number of nitrogens with zero attached hydrogens (tertiary/aromatic N) is 4. The molecule has 6 heteroatoms. The van der Waals surface area contributed by atoms with Crippen LogP contribution in [0.2, 0.25) is 0 Å². The SMILES string of the molecule is COc1cc2nccn2nc1-c1cn[nH]c1. The Morgan fingerprint density at radius 3 is 3.12 bits per heavy atom. The number of fused-ring (bicyclic) bond motifs is 1. The maximum Gasteiger partial charge on any atom is 0.157 e. The van der Waals surface area contributed by atoms with Gasteiger partial charge in [0.15, 0.2) is 11.4 Å². The summed E-state index contributed by atoms with van der Waals surface area (Å²) in [6, 6.07) is 1.84. The van der Waals surface area contributed by atoms with Crippen molar-refractivity contribution in [2.45, 2.75) is 0 Å². The Morgan fingerprint density at radius 2 is 2.38 bits per heavy atom. The topological polar surface area (TPSA) is 68.1 Å². The summed E-state index contributed by atoms with van der Waals surface area (Å²) in [5, 5.41) is 11.1. The molecule has 3 aromatic rings. The molecule has 0 aromatic carbocycles. The van der Waals surface area contributed by atoms with E-state index in [1.807, 2.05) is 6.07 Å². The van der Waals surface area contributed by atoms with E-state index in [1.54, 1.807) is 36.4 Å². The van der Waals surface area contributed by atoms with Crippen LogP contribution < -0.4 is 4.74 Å². The molecule has 6 nitrogen and oxygen atoms in total. The van der Waals surface area contributed by atoms with Crippen LogP contribution in [0.5, 0.6) is 5.75 Å². The maximum absolute atomic E-state index is 5.29. The molecular weight excluding hydrogens is 206 g/mol. The molecule has 3 rings (SSSR count). The van der Waals surface area contributed by atoms with Gasteiger partial charge in [-0.3, -0.25) is 5.10 Å². The van der Waals surface area contributed by atoms with Crippen molar-refractivity contribution in [3.05, 3.63) is 30.9 Å². The highest BCUT2D eigenvalue weighted by molar-refractivity contribution is 5.66. The molecule has 0 unspecified atom stereocenters. The van der Waals surface area contributed by atoms with Crippen LogP contribution in [-0.2, 0) is 0 Å². The summed E-state index contributed by atoms with van der Waals surface area (Å²) in [6.07, 6.45) is 6.96. The lowest BCUT2D eigenvalue weighted by Crippen LogP contribution is -1.97. The zero-order valence-corrected chi connectivity index (χ0v) is 8.58. The summed E-state index contributed by atoms with van der Waals surface area (Å²) in [7, 11) is 1.61. The van der Waals surface area contributed by atoms with Gasteiger partial charge in [-0.25, -0.2) is 9.50 Å². The molecular formula is C10H9N5O. The number of rotatable bonds is 2. The fraction of sp³-hybridized carbons (Fsp3) is 0.100. The van der Waals surface area contributed by atoms with Gasteiger partial charge in [0, 0.05) is 30.2 Å². The Hall–Kier alpha value is -2.37. The Balaban J connectivity index is 2.29. The fourth-order valence-electron chi connectivity index (χ4n) is 1.57. The minimum atomic E-state index is 0.681. The normalized spacial score (nSPS) is 10.8. The first-order chi connectivity index (χ1) is 7.88. The Morgan fingerprint density at radius 1 is 1.44 bits per heavy atom. The molecule has 0 spiro atoms. The Labute approximate surface area is 90.9 Å². The molecule has 0 aliphatic carbocycles.